The Kier molecular flexibility index (Phi) is 4.80. The molecule has 0 bridgehead atoms. The van der Waals surface area contributed by atoms with Gasteiger partial charge in [0.15, 0.2) is 0 Å². The van der Waals surface area contributed by atoms with Gasteiger partial charge in [0.1, 0.15) is 11.4 Å². The maximum Gasteiger partial charge on any atom is 0.315 e. The van der Waals surface area contributed by atoms with Crippen LogP contribution in [-0.4, -0.2) is 11.5 Å². The lowest BCUT2D eigenvalue weighted by molar-refractivity contribution is -0.383. The standard InChI is InChI=1S/C15H16BrN3O2/c1-3-17-13-5-4-6-14(15(13)19(20)21)18-11-8-7-10(2)12(16)9-11/h4-9,17-18H,3H2,1-2H3. The van der Waals surface area contributed by atoms with Crippen molar-refractivity contribution in [2.24, 2.45) is 0 Å². The molecule has 0 amide bonds. The second-order valence-electron chi connectivity index (χ2n) is 4.58. The second-order valence-corrected chi connectivity index (χ2v) is 5.43. The van der Waals surface area contributed by atoms with Gasteiger partial charge in [-0.15, -0.1) is 0 Å². The minimum absolute atomic E-state index is 0.0519. The molecule has 2 rings (SSSR count). The first-order valence-corrected chi connectivity index (χ1v) is 7.36. The molecule has 0 aliphatic carbocycles. The van der Waals surface area contributed by atoms with Gasteiger partial charge >= 0.3 is 5.69 Å². The van der Waals surface area contributed by atoms with Gasteiger partial charge in [-0.2, -0.15) is 0 Å². The van der Waals surface area contributed by atoms with Gasteiger partial charge < -0.3 is 10.6 Å². The van der Waals surface area contributed by atoms with E-state index in [0.29, 0.717) is 17.9 Å². The van der Waals surface area contributed by atoms with Crippen molar-refractivity contribution in [3.05, 3.63) is 56.5 Å². The van der Waals surface area contributed by atoms with E-state index in [9.17, 15) is 10.1 Å². The van der Waals surface area contributed by atoms with Crippen LogP contribution in [0.25, 0.3) is 0 Å². The number of nitrogens with zero attached hydrogens (tertiary/aromatic N) is 1. The third kappa shape index (κ3) is 3.52. The number of halogens is 1. The molecule has 110 valence electrons. The minimum atomic E-state index is -0.371. The fourth-order valence-electron chi connectivity index (χ4n) is 2.00. The van der Waals surface area contributed by atoms with Crippen molar-refractivity contribution in [2.45, 2.75) is 13.8 Å². The summed E-state index contributed by atoms with van der Waals surface area (Å²) in [5.74, 6) is 0. The van der Waals surface area contributed by atoms with Gasteiger partial charge in [-0.3, -0.25) is 10.1 Å². The summed E-state index contributed by atoms with van der Waals surface area (Å²) in [5.41, 5.74) is 2.93. The quantitative estimate of drug-likeness (QED) is 0.598. The highest BCUT2D eigenvalue weighted by Crippen LogP contribution is 2.35. The van der Waals surface area contributed by atoms with Crippen LogP contribution in [0.1, 0.15) is 12.5 Å². The highest BCUT2D eigenvalue weighted by atomic mass is 79.9. The van der Waals surface area contributed by atoms with E-state index in [4.69, 9.17) is 0 Å². The average molecular weight is 350 g/mol. The number of anilines is 3. The third-order valence-electron chi connectivity index (χ3n) is 3.04. The van der Waals surface area contributed by atoms with Crippen LogP contribution in [-0.2, 0) is 0 Å². The van der Waals surface area contributed by atoms with Gasteiger partial charge in [0.2, 0.25) is 0 Å². The predicted octanol–water partition coefficient (Wildman–Crippen LogP) is 4.84. The van der Waals surface area contributed by atoms with Crippen LogP contribution in [0.3, 0.4) is 0 Å². The summed E-state index contributed by atoms with van der Waals surface area (Å²) in [6.45, 7) is 4.52. The molecular formula is C15H16BrN3O2. The molecule has 0 atom stereocenters. The molecule has 2 aromatic carbocycles. The van der Waals surface area contributed by atoms with Gasteiger partial charge in [0.05, 0.1) is 4.92 Å². The average Bonchev–Trinajstić information content (AvgIpc) is 2.43. The molecule has 2 aromatic rings. The maximum absolute atomic E-state index is 11.3. The van der Waals surface area contributed by atoms with E-state index in [1.54, 1.807) is 18.2 Å². The number of nitrogens with one attached hydrogen (secondary N) is 2. The summed E-state index contributed by atoms with van der Waals surface area (Å²) in [4.78, 5) is 11.0. The molecule has 0 saturated carbocycles. The number of hydrogen-bond acceptors (Lipinski definition) is 4. The Labute approximate surface area is 131 Å². The molecule has 2 N–H and O–H groups in total. The summed E-state index contributed by atoms with van der Waals surface area (Å²) >= 11 is 3.46. The highest BCUT2D eigenvalue weighted by Gasteiger charge is 2.19. The Hall–Kier alpha value is -2.08. The predicted molar refractivity (Wildman–Crippen MR) is 89.4 cm³/mol. The lowest BCUT2D eigenvalue weighted by Crippen LogP contribution is -2.04. The SMILES string of the molecule is CCNc1cccc(Nc2ccc(C)c(Br)c2)c1[N+](=O)[O-]. The monoisotopic (exact) mass is 349 g/mol. The molecule has 5 nitrogen and oxygen atoms in total. The first-order valence-electron chi connectivity index (χ1n) is 6.57. The zero-order valence-corrected chi connectivity index (χ0v) is 13.4. The summed E-state index contributed by atoms with van der Waals surface area (Å²) in [6, 6.07) is 10.9. The fourth-order valence-corrected chi connectivity index (χ4v) is 2.38. The van der Waals surface area contributed by atoms with Gasteiger partial charge in [0.25, 0.3) is 0 Å². The van der Waals surface area contributed by atoms with E-state index in [1.807, 2.05) is 32.0 Å². The van der Waals surface area contributed by atoms with E-state index in [0.717, 1.165) is 15.7 Å². The minimum Gasteiger partial charge on any atom is -0.380 e. The van der Waals surface area contributed by atoms with Gasteiger partial charge in [-0.25, -0.2) is 0 Å². The Morgan fingerprint density at radius 3 is 2.57 bits per heavy atom. The highest BCUT2D eigenvalue weighted by molar-refractivity contribution is 9.10. The molecule has 0 fully saturated rings. The first-order chi connectivity index (χ1) is 10.0. The van der Waals surface area contributed by atoms with Crippen LogP contribution < -0.4 is 10.6 Å². The van der Waals surface area contributed by atoms with Crippen molar-refractivity contribution in [1.82, 2.24) is 0 Å². The van der Waals surface area contributed by atoms with Gasteiger partial charge in [0, 0.05) is 16.7 Å². The van der Waals surface area contributed by atoms with Crippen molar-refractivity contribution in [1.29, 1.82) is 0 Å². The number of nitro groups is 1. The summed E-state index contributed by atoms with van der Waals surface area (Å²) in [7, 11) is 0. The molecule has 0 heterocycles. The molecule has 6 heteroatoms. The van der Waals surface area contributed by atoms with Crippen molar-refractivity contribution in [3.63, 3.8) is 0 Å². The Morgan fingerprint density at radius 1 is 1.24 bits per heavy atom. The van der Waals surface area contributed by atoms with Crippen LogP contribution in [0, 0.1) is 17.0 Å². The number of rotatable bonds is 5. The van der Waals surface area contributed by atoms with E-state index < -0.39 is 0 Å². The lowest BCUT2D eigenvalue weighted by Gasteiger charge is -2.11. The Bertz CT molecular complexity index is 674. The molecular weight excluding hydrogens is 334 g/mol. The molecule has 0 saturated heterocycles. The summed E-state index contributed by atoms with van der Waals surface area (Å²) < 4.78 is 0.956. The summed E-state index contributed by atoms with van der Waals surface area (Å²) in [5, 5.41) is 17.5. The molecule has 0 aromatic heterocycles. The topological polar surface area (TPSA) is 67.2 Å². The number of benzene rings is 2. The Morgan fingerprint density at radius 2 is 1.95 bits per heavy atom. The van der Waals surface area contributed by atoms with E-state index in [2.05, 4.69) is 26.6 Å². The zero-order chi connectivity index (χ0) is 15.4. The van der Waals surface area contributed by atoms with Crippen LogP contribution in [0.5, 0.6) is 0 Å². The largest absolute Gasteiger partial charge is 0.380 e. The first kappa shape index (κ1) is 15.3. The van der Waals surface area contributed by atoms with Crippen LogP contribution in [0.2, 0.25) is 0 Å². The van der Waals surface area contributed by atoms with E-state index >= 15 is 0 Å². The molecule has 0 aliphatic heterocycles. The maximum atomic E-state index is 11.3. The van der Waals surface area contributed by atoms with E-state index in [-0.39, 0.29) is 10.6 Å². The van der Waals surface area contributed by atoms with Crippen LogP contribution in [0.4, 0.5) is 22.7 Å². The molecule has 0 radical (unpaired) electrons. The lowest BCUT2D eigenvalue weighted by atomic mass is 10.2. The van der Waals surface area contributed by atoms with Crippen molar-refractivity contribution in [3.8, 4) is 0 Å². The van der Waals surface area contributed by atoms with Crippen molar-refractivity contribution < 1.29 is 4.92 Å². The Balaban J connectivity index is 2.41. The van der Waals surface area contributed by atoms with Crippen LogP contribution in [0.15, 0.2) is 40.9 Å². The number of hydrogen-bond donors (Lipinski definition) is 2. The van der Waals surface area contributed by atoms with Crippen molar-refractivity contribution in [2.75, 3.05) is 17.2 Å². The normalized spacial score (nSPS) is 10.2. The molecule has 0 unspecified atom stereocenters. The van der Waals surface area contributed by atoms with E-state index in [1.165, 1.54) is 0 Å². The smallest absolute Gasteiger partial charge is 0.315 e. The second kappa shape index (κ2) is 6.58. The molecule has 21 heavy (non-hydrogen) atoms. The third-order valence-corrected chi connectivity index (χ3v) is 3.89. The number of nitro benzene ring substituents is 1. The summed E-state index contributed by atoms with van der Waals surface area (Å²) in [6.07, 6.45) is 0. The molecule has 0 aliphatic rings. The fraction of sp³-hybridized carbons (Fsp3) is 0.200. The zero-order valence-electron chi connectivity index (χ0n) is 11.8. The van der Waals surface area contributed by atoms with Crippen LogP contribution >= 0.6 is 15.9 Å². The van der Waals surface area contributed by atoms with Gasteiger partial charge in [-0.1, -0.05) is 28.1 Å². The molecule has 0 spiro atoms. The van der Waals surface area contributed by atoms with Crippen molar-refractivity contribution >= 4 is 38.7 Å². The van der Waals surface area contributed by atoms with Gasteiger partial charge in [-0.05, 0) is 43.7 Å². The number of para-hydroxylation sites is 1. The number of aryl methyl sites for hydroxylation is 1.